The third kappa shape index (κ3) is 5.73. The summed E-state index contributed by atoms with van der Waals surface area (Å²) in [7, 11) is 3.43. The van der Waals surface area contributed by atoms with Gasteiger partial charge in [0.05, 0.1) is 19.8 Å². The second-order valence-corrected chi connectivity index (χ2v) is 7.10. The Hall–Kier alpha value is -2.02. The molecule has 0 atom stereocenters. The van der Waals surface area contributed by atoms with Crippen molar-refractivity contribution in [1.82, 2.24) is 9.97 Å². The molecule has 0 amide bonds. The first kappa shape index (κ1) is 21.3. The molecule has 0 aliphatic carbocycles. The second-order valence-electron chi connectivity index (χ2n) is 6.35. The molecular formula is C20H28BrN3O3. The minimum atomic E-state index is 0.0899. The van der Waals surface area contributed by atoms with E-state index in [0.29, 0.717) is 34.4 Å². The Labute approximate surface area is 169 Å². The van der Waals surface area contributed by atoms with Crippen molar-refractivity contribution in [3.63, 3.8) is 0 Å². The fourth-order valence-electron chi connectivity index (χ4n) is 2.57. The zero-order chi connectivity index (χ0) is 19.8. The second kappa shape index (κ2) is 10.3. The van der Waals surface area contributed by atoms with Crippen LogP contribution in [0.3, 0.4) is 0 Å². The molecule has 1 aromatic carbocycles. The normalized spacial score (nSPS) is 10.8. The molecule has 1 aromatic heterocycles. The van der Waals surface area contributed by atoms with Crippen LogP contribution in [0.2, 0.25) is 0 Å². The molecule has 1 N–H and O–H groups in total. The number of methoxy groups -OCH3 is 1. The first-order chi connectivity index (χ1) is 13.0. The van der Waals surface area contributed by atoms with Crippen molar-refractivity contribution in [3.8, 4) is 28.6 Å². The first-order valence-electron chi connectivity index (χ1n) is 9.23. The number of ether oxygens (including phenoxy) is 3. The molecule has 1 heterocycles. The fraction of sp³-hybridized carbons (Fsp3) is 0.500. The predicted molar refractivity (Wildman–Crippen MR) is 112 cm³/mol. The maximum absolute atomic E-state index is 5.80. The zero-order valence-electron chi connectivity index (χ0n) is 16.6. The Balaban J connectivity index is 2.35. The molecule has 0 fully saturated rings. The van der Waals surface area contributed by atoms with Crippen molar-refractivity contribution >= 4 is 21.7 Å². The molecule has 6 nitrogen and oxygen atoms in total. The van der Waals surface area contributed by atoms with E-state index in [1.54, 1.807) is 14.2 Å². The van der Waals surface area contributed by atoms with Crippen LogP contribution in [0.25, 0.3) is 11.3 Å². The van der Waals surface area contributed by atoms with Crippen LogP contribution in [0.15, 0.2) is 22.8 Å². The van der Waals surface area contributed by atoms with Gasteiger partial charge in [0.25, 0.3) is 5.88 Å². The van der Waals surface area contributed by atoms with Gasteiger partial charge >= 0.3 is 0 Å². The molecule has 27 heavy (non-hydrogen) atoms. The van der Waals surface area contributed by atoms with E-state index in [0.717, 1.165) is 30.6 Å². The minimum absolute atomic E-state index is 0.0899. The number of aromatic nitrogens is 2. The van der Waals surface area contributed by atoms with Crippen LogP contribution in [0, 0.1) is 0 Å². The van der Waals surface area contributed by atoms with Crippen LogP contribution >= 0.6 is 15.9 Å². The molecule has 0 aliphatic rings. The summed E-state index contributed by atoms with van der Waals surface area (Å²) in [5.74, 6) is 2.50. The standard InChI is InChI=1S/C20H28BrN3O3/c1-6-7-8-11-26-20-19(22-4)23-17(18(21)24-20)15-10-9-14(27-13(2)3)12-16(15)25-5/h9-10,12-13H,6-8,11H2,1-5H3,(H,22,23). The van der Waals surface area contributed by atoms with E-state index >= 15 is 0 Å². The van der Waals surface area contributed by atoms with Crippen molar-refractivity contribution in [3.05, 3.63) is 22.8 Å². The van der Waals surface area contributed by atoms with E-state index in [4.69, 9.17) is 19.2 Å². The van der Waals surface area contributed by atoms with Crippen LogP contribution < -0.4 is 19.5 Å². The van der Waals surface area contributed by atoms with Crippen LogP contribution in [-0.4, -0.2) is 36.8 Å². The van der Waals surface area contributed by atoms with Crippen LogP contribution in [0.5, 0.6) is 17.4 Å². The monoisotopic (exact) mass is 437 g/mol. The number of unbranched alkanes of at least 4 members (excludes halogenated alkanes) is 2. The van der Waals surface area contributed by atoms with Gasteiger partial charge in [-0.1, -0.05) is 19.8 Å². The molecule has 2 rings (SSSR count). The van der Waals surface area contributed by atoms with Gasteiger partial charge in [0.15, 0.2) is 5.82 Å². The Morgan fingerprint density at radius 1 is 1.19 bits per heavy atom. The molecule has 0 saturated heterocycles. The maximum atomic E-state index is 5.80. The molecule has 0 spiro atoms. The smallest absolute Gasteiger partial charge is 0.258 e. The van der Waals surface area contributed by atoms with Gasteiger partial charge in [-0.05, 0) is 48.3 Å². The quantitative estimate of drug-likeness (QED) is 0.507. The molecule has 7 heteroatoms. The summed E-state index contributed by atoms with van der Waals surface area (Å²) in [6.45, 7) is 6.75. The van der Waals surface area contributed by atoms with Crippen molar-refractivity contribution in [2.45, 2.75) is 46.1 Å². The average molecular weight is 438 g/mol. The Morgan fingerprint density at radius 3 is 2.59 bits per heavy atom. The maximum Gasteiger partial charge on any atom is 0.258 e. The van der Waals surface area contributed by atoms with E-state index in [1.807, 2.05) is 32.0 Å². The highest BCUT2D eigenvalue weighted by atomic mass is 79.9. The van der Waals surface area contributed by atoms with Crippen LogP contribution in [0.4, 0.5) is 5.82 Å². The molecule has 148 valence electrons. The summed E-state index contributed by atoms with van der Waals surface area (Å²) in [4.78, 5) is 9.24. The molecular weight excluding hydrogens is 410 g/mol. The zero-order valence-corrected chi connectivity index (χ0v) is 18.2. The number of hydrogen-bond acceptors (Lipinski definition) is 6. The van der Waals surface area contributed by atoms with Crippen molar-refractivity contribution in [2.75, 3.05) is 26.1 Å². The highest BCUT2D eigenvalue weighted by Crippen LogP contribution is 2.38. The van der Waals surface area contributed by atoms with Gasteiger partial charge in [-0.25, -0.2) is 9.97 Å². The summed E-state index contributed by atoms with van der Waals surface area (Å²) < 4.78 is 17.7. The molecule has 0 radical (unpaired) electrons. The van der Waals surface area contributed by atoms with E-state index < -0.39 is 0 Å². The minimum Gasteiger partial charge on any atom is -0.496 e. The third-order valence-corrected chi connectivity index (χ3v) is 4.40. The van der Waals surface area contributed by atoms with Gasteiger partial charge in [0, 0.05) is 18.7 Å². The van der Waals surface area contributed by atoms with Crippen molar-refractivity contribution in [2.24, 2.45) is 0 Å². The van der Waals surface area contributed by atoms with Gasteiger partial charge in [0.2, 0.25) is 0 Å². The number of rotatable bonds is 10. The summed E-state index contributed by atoms with van der Waals surface area (Å²) in [5, 5.41) is 3.06. The van der Waals surface area contributed by atoms with Crippen molar-refractivity contribution < 1.29 is 14.2 Å². The van der Waals surface area contributed by atoms with E-state index in [2.05, 4.69) is 33.2 Å². The number of hydrogen-bond donors (Lipinski definition) is 1. The lowest BCUT2D eigenvalue weighted by atomic mass is 10.1. The van der Waals surface area contributed by atoms with Gasteiger partial charge < -0.3 is 19.5 Å². The van der Waals surface area contributed by atoms with E-state index in [9.17, 15) is 0 Å². The molecule has 0 saturated carbocycles. The van der Waals surface area contributed by atoms with Crippen LogP contribution in [0.1, 0.15) is 40.0 Å². The number of anilines is 1. The number of halogens is 1. The molecule has 0 aliphatic heterocycles. The SMILES string of the molecule is CCCCCOc1nc(Br)c(-c2ccc(OC(C)C)cc2OC)nc1NC. The van der Waals surface area contributed by atoms with Crippen molar-refractivity contribution in [1.29, 1.82) is 0 Å². The highest BCUT2D eigenvalue weighted by Gasteiger charge is 2.18. The summed E-state index contributed by atoms with van der Waals surface area (Å²) in [5.41, 5.74) is 1.50. The Bertz CT molecular complexity index is 753. The fourth-order valence-corrected chi connectivity index (χ4v) is 3.03. The first-order valence-corrected chi connectivity index (χ1v) is 10.0. The highest BCUT2D eigenvalue weighted by molar-refractivity contribution is 9.10. The molecule has 0 unspecified atom stereocenters. The van der Waals surface area contributed by atoms with E-state index in [1.165, 1.54) is 0 Å². The van der Waals surface area contributed by atoms with Gasteiger partial charge in [0.1, 0.15) is 21.8 Å². The summed E-state index contributed by atoms with van der Waals surface area (Å²) in [6.07, 6.45) is 3.36. The number of nitrogens with one attached hydrogen (secondary N) is 1. The lowest BCUT2D eigenvalue weighted by molar-refractivity contribution is 0.241. The Kier molecular flexibility index (Phi) is 8.16. The average Bonchev–Trinajstić information content (AvgIpc) is 2.65. The number of nitrogens with zero attached hydrogens (tertiary/aromatic N) is 2. The summed E-state index contributed by atoms with van der Waals surface area (Å²) >= 11 is 3.52. The summed E-state index contributed by atoms with van der Waals surface area (Å²) in [6, 6.07) is 5.68. The predicted octanol–water partition coefficient (Wildman–Crippen LogP) is 5.31. The topological polar surface area (TPSA) is 65.5 Å². The lowest BCUT2D eigenvalue weighted by Gasteiger charge is -2.16. The molecule has 0 bridgehead atoms. The van der Waals surface area contributed by atoms with Gasteiger partial charge in [-0.3, -0.25) is 0 Å². The largest absolute Gasteiger partial charge is 0.496 e. The molecule has 2 aromatic rings. The van der Waals surface area contributed by atoms with E-state index in [-0.39, 0.29) is 6.10 Å². The van der Waals surface area contributed by atoms with Crippen LogP contribution in [-0.2, 0) is 0 Å². The van der Waals surface area contributed by atoms with Gasteiger partial charge in [-0.15, -0.1) is 0 Å². The third-order valence-electron chi connectivity index (χ3n) is 3.84. The Morgan fingerprint density at radius 2 is 1.96 bits per heavy atom. The van der Waals surface area contributed by atoms with Gasteiger partial charge in [-0.2, -0.15) is 0 Å². The number of benzene rings is 1. The lowest BCUT2D eigenvalue weighted by Crippen LogP contribution is -2.07.